The molecule has 3 aromatic rings. The molecule has 2 heterocycles. The summed E-state index contributed by atoms with van der Waals surface area (Å²) in [6.45, 7) is 6.45. The van der Waals surface area contributed by atoms with Crippen LogP contribution in [0.3, 0.4) is 0 Å². The van der Waals surface area contributed by atoms with E-state index in [1.165, 1.54) is 0 Å². The Morgan fingerprint density at radius 3 is 2.61 bits per heavy atom. The lowest BCUT2D eigenvalue weighted by Gasteiger charge is -2.09. The first kappa shape index (κ1) is 22.7. The zero-order chi connectivity index (χ0) is 22.4. The summed E-state index contributed by atoms with van der Waals surface area (Å²) in [4.78, 5) is 28.1. The summed E-state index contributed by atoms with van der Waals surface area (Å²) >= 11 is 2.23. The predicted octanol–water partition coefficient (Wildman–Crippen LogP) is 1.77. The van der Waals surface area contributed by atoms with Gasteiger partial charge in [0, 0.05) is 18.8 Å². The number of halogens is 1. The Hall–Kier alpha value is -2.96. The van der Waals surface area contributed by atoms with E-state index in [0.29, 0.717) is 18.1 Å². The second-order valence-corrected chi connectivity index (χ2v) is 7.90. The number of benzene rings is 1. The molecule has 0 aliphatic rings. The van der Waals surface area contributed by atoms with Crippen molar-refractivity contribution in [3.05, 3.63) is 56.5 Å². The summed E-state index contributed by atoms with van der Waals surface area (Å²) in [6.07, 6.45) is 0. The molecule has 0 radical (unpaired) electrons. The van der Waals surface area contributed by atoms with Crippen molar-refractivity contribution in [3.63, 3.8) is 0 Å². The molecule has 3 rings (SSSR count). The highest BCUT2D eigenvalue weighted by molar-refractivity contribution is 14.1. The van der Waals surface area contributed by atoms with Crippen LogP contribution in [0, 0.1) is 24.3 Å². The van der Waals surface area contributed by atoms with Gasteiger partial charge in [0.1, 0.15) is 12.3 Å². The number of carbonyl (C=O) groups is 2. The van der Waals surface area contributed by atoms with E-state index in [4.69, 9.17) is 9.26 Å². The van der Waals surface area contributed by atoms with Crippen LogP contribution in [0.5, 0.6) is 5.75 Å². The number of ether oxygens (including phenoxy) is 1. The predicted molar refractivity (Wildman–Crippen MR) is 120 cm³/mol. The molecule has 0 saturated carbocycles. The molecule has 31 heavy (non-hydrogen) atoms. The van der Waals surface area contributed by atoms with Crippen molar-refractivity contribution in [2.45, 2.75) is 27.3 Å². The summed E-state index contributed by atoms with van der Waals surface area (Å²) in [5.74, 6) is 0.0896. The Balaban J connectivity index is 1.39. The maximum absolute atomic E-state index is 12.2. The van der Waals surface area contributed by atoms with Crippen molar-refractivity contribution in [3.8, 4) is 5.75 Å². The minimum absolute atomic E-state index is 0.100. The van der Waals surface area contributed by atoms with Crippen LogP contribution >= 0.6 is 22.6 Å². The number of amides is 2. The van der Waals surface area contributed by atoms with E-state index in [9.17, 15) is 9.59 Å². The van der Waals surface area contributed by atoms with E-state index in [2.05, 4.69) is 48.5 Å². The average Bonchev–Trinajstić information content (AvgIpc) is 3.31. The number of hydrogen-bond donors (Lipinski definition) is 2. The fraction of sp³-hybridized carbons (Fsp3) is 0.350. The Bertz CT molecular complexity index is 1080. The van der Waals surface area contributed by atoms with Gasteiger partial charge in [-0.3, -0.25) is 14.3 Å². The van der Waals surface area contributed by atoms with Crippen molar-refractivity contribution in [1.29, 1.82) is 0 Å². The van der Waals surface area contributed by atoms with E-state index >= 15 is 0 Å². The molecule has 0 aliphatic heterocycles. The molecule has 164 valence electrons. The number of nitrogens with one attached hydrogen (secondary N) is 2. The van der Waals surface area contributed by atoms with Crippen LogP contribution in [0.2, 0.25) is 0 Å². The summed E-state index contributed by atoms with van der Waals surface area (Å²) in [5, 5.41) is 13.5. The fourth-order valence-electron chi connectivity index (χ4n) is 2.74. The van der Waals surface area contributed by atoms with E-state index in [1.807, 2.05) is 39.0 Å². The highest BCUT2D eigenvalue weighted by Crippen LogP contribution is 2.16. The van der Waals surface area contributed by atoms with E-state index < -0.39 is 5.91 Å². The molecule has 1 aromatic carbocycles. The first-order valence-electron chi connectivity index (χ1n) is 9.60. The normalized spacial score (nSPS) is 10.7. The van der Waals surface area contributed by atoms with Crippen LogP contribution in [0.25, 0.3) is 0 Å². The molecule has 2 aromatic heterocycles. The maximum Gasteiger partial charge on any atom is 0.316 e. The molecule has 0 atom stereocenters. The molecule has 0 saturated heterocycles. The molecule has 0 aliphatic carbocycles. The van der Waals surface area contributed by atoms with E-state index in [1.54, 1.807) is 10.7 Å². The molecular weight excluding hydrogens is 515 g/mol. The number of aromatic nitrogens is 4. The topological polar surface area (TPSA) is 124 Å². The quantitative estimate of drug-likeness (QED) is 0.315. The van der Waals surface area contributed by atoms with Crippen LogP contribution in [0.1, 0.15) is 33.5 Å². The standard InChI is InChI=1S/C20H23IN6O4/c1-12-6-4-5-7-15(12)30-11-17(28)22-8-9-23-19(29)20-24-16(26-31-20)10-27-14(3)18(21)13(2)25-27/h4-7H,8-11H2,1-3H3,(H,22,28)(H,23,29). The van der Waals surface area contributed by atoms with Crippen LogP contribution in [-0.4, -0.2) is 51.4 Å². The minimum atomic E-state index is -0.507. The van der Waals surface area contributed by atoms with Gasteiger partial charge in [0.15, 0.2) is 12.4 Å². The van der Waals surface area contributed by atoms with Crippen molar-refractivity contribution in [2.24, 2.45) is 0 Å². The minimum Gasteiger partial charge on any atom is -0.484 e. The largest absolute Gasteiger partial charge is 0.484 e. The van der Waals surface area contributed by atoms with Crippen LogP contribution in [0.15, 0.2) is 28.8 Å². The highest BCUT2D eigenvalue weighted by Gasteiger charge is 2.17. The van der Waals surface area contributed by atoms with Gasteiger partial charge in [-0.05, 0) is 55.0 Å². The number of aryl methyl sites for hydroxylation is 2. The van der Waals surface area contributed by atoms with Gasteiger partial charge in [0.25, 0.3) is 5.91 Å². The highest BCUT2D eigenvalue weighted by atomic mass is 127. The molecule has 11 heteroatoms. The SMILES string of the molecule is Cc1ccccc1OCC(=O)NCCNC(=O)c1nc(Cn2nc(C)c(I)c2C)no1. The van der Waals surface area contributed by atoms with Crippen LogP contribution < -0.4 is 15.4 Å². The van der Waals surface area contributed by atoms with Crippen molar-refractivity contribution in [1.82, 2.24) is 30.6 Å². The molecule has 0 fully saturated rings. The summed E-state index contributed by atoms with van der Waals surface area (Å²) in [5.41, 5.74) is 2.87. The zero-order valence-corrected chi connectivity index (χ0v) is 19.6. The average molecular weight is 538 g/mol. The number of hydrogen-bond acceptors (Lipinski definition) is 7. The summed E-state index contributed by atoms with van der Waals surface area (Å²) in [7, 11) is 0. The van der Waals surface area contributed by atoms with Gasteiger partial charge < -0.3 is 19.9 Å². The van der Waals surface area contributed by atoms with Gasteiger partial charge in [0.05, 0.1) is 9.26 Å². The molecule has 10 nitrogen and oxygen atoms in total. The zero-order valence-electron chi connectivity index (χ0n) is 17.4. The molecule has 2 amide bonds. The summed E-state index contributed by atoms with van der Waals surface area (Å²) < 4.78 is 13.3. The molecule has 2 N–H and O–H groups in total. The van der Waals surface area contributed by atoms with Crippen molar-refractivity contribution in [2.75, 3.05) is 19.7 Å². The molecule has 0 bridgehead atoms. The third kappa shape index (κ3) is 6.03. The number of nitrogens with zero attached hydrogens (tertiary/aromatic N) is 4. The third-order valence-electron chi connectivity index (χ3n) is 4.43. The lowest BCUT2D eigenvalue weighted by molar-refractivity contribution is -0.123. The van der Waals surface area contributed by atoms with Gasteiger partial charge in [-0.15, -0.1) is 0 Å². The van der Waals surface area contributed by atoms with E-state index in [0.717, 1.165) is 20.5 Å². The number of carbonyl (C=O) groups excluding carboxylic acids is 2. The summed E-state index contributed by atoms with van der Waals surface area (Å²) in [6, 6.07) is 7.45. The van der Waals surface area contributed by atoms with Gasteiger partial charge in [-0.2, -0.15) is 10.1 Å². The third-order valence-corrected chi connectivity index (χ3v) is 5.99. The lowest BCUT2D eigenvalue weighted by Crippen LogP contribution is -2.36. The Kier molecular flexibility index (Phi) is 7.60. The van der Waals surface area contributed by atoms with Gasteiger partial charge in [0.2, 0.25) is 0 Å². The number of para-hydroxylation sites is 1. The van der Waals surface area contributed by atoms with Gasteiger partial charge >= 0.3 is 11.8 Å². The van der Waals surface area contributed by atoms with Crippen molar-refractivity contribution >= 4 is 34.4 Å². The molecular formula is C20H23IN6O4. The second kappa shape index (κ2) is 10.4. The Labute approximate surface area is 192 Å². The Morgan fingerprint density at radius 2 is 1.90 bits per heavy atom. The first-order chi connectivity index (χ1) is 14.8. The van der Waals surface area contributed by atoms with Gasteiger partial charge in [-0.1, -0.05) is 23.4 Å². The first-order valence-corrected chi connectivity index (χ1v) is 10.7. The molecule has 0 spiro atoms. The number of rotatable bonds is 9. The lowest BCUT2D eigenvalue weighted by atomic mass is 10.2. The maximum atomic E-state index is 12.2. The Morgan fingerprint density at radius 1 is 1.16 bits per heavy atom. The second-order valence-electron chi connectivity index (χ2n) is 6.82. The monoisotopic (exact) mass is 538 g/mol. The van der Waals surface area contributed by atoms with Crippen LogP contribution in [-0.2, 0) is 11.3 Å². The van der Waals surface area contributed by atoms with Gasteiger partial charge in [-0.25, -0.2) is 0 Å². The smallest absolute Gasteiger partial charge is 0.316 e. The van der Waals surface area contributed by atoms with Crippen molar-refractivity contribution < 1.29 is 18.8 Å². The molecule has 0 unspecified atom stereocenters. The van der Waals surface area contributed by atoms with Crippen LogP contribution in [0.4, 0.5) is 0 Å². The van der Waals surface area contributed by atoms with E-state index in [-0.39, 0.29) is 31.5 Å². The fourth-order valence-corrected chi connectivity index (χ4v) is 3.13.